The molecule has 0 aliphatic carbocycles. The van der Waals surface area contributed by atoms with Crippen molar-refractivity contribution < 1.29 is 9.15 Å². The van der Waals surface area contributed by atoms with Crippen LogP contribution in [0, 0.1) is 0 Å². The fourth-order valence-electron chi connectivity index (χ4n) is 2.73. The number of fused-ring (bicyclic) bond motifs is 1. The molecule has 2 aromatic rings. The fourth-order valence-corrected chi connectivity index (χ4v) is 2.73. The van der Waals surface area contributed by atoms with Crippen molar-refractivity contribution in [3.8, 4) is 0 Å². The average molecular weight is 275 g/mol. The number of nitrogens with one attached hydrogen (secondary N) is 1. The van der Waals surface area contributed by atoms with Crippen molar-refractivity contribution >= 4 is 17.1 Å². The zero-order valence-corrected chi connectivity index (χ0v) is 11.8. The molecular formula is C15H21N3O2. The lowest BCUT2D eigenvalue weighted by Gasteiger charge is -2.23. The van der Waals surface area contributed by atoms with E-state index in [-0.39, 0.29) is 0 Å². The van der Waals surface area contributed by atoms with Crippen LogP contribution in [0.15, 0.2) is 28.7 Å². The summed E-state index contributed by atoms with van der Waals surface area (Å²) in [4.78, 5) is 6.87. The molecule has 1 unspecified atom stereocenters. The second-order valence-electron chi connectivity index (χ2n) is 5.15. The Morgan fingerprint density at radius 1 is 1.45 bits per heavy atom. The van der Waals surface area contributed by atoms with Gasteiger partial charge in [-0.05, 0) is 25.0 Å². The van der Waals surface area contributed by atoms with Crippen LogP contribution < -0.4 is 10.2 Å². The summed E-state index contributed by atoms with van der Waals surface area (Å²) in [6.07, 6.45) is 2.37. The molecule has 0 saturated carbocycles. The number of benzene rings is 1. The number of aromatic nitrogens is 1. The van der Waals surface area contributed by atoms with Gasteiger partial charge in [0.05, 0.1) is 6.61 Å². The van der Waals surface area contributed by atoms with Crippen LogP contribution in [0.3, 0.4) is 0 Å². The maximum Gasteiger partial charge on any atom is 0.298 e. The summed E-state index contributed by atoms with van der Waals surface area (Å²) in [5.74, 6) is 0. The van der Waals surface area contributed by atoms with Gasteiger partial charge in [-0.3, -0.25) is 0 Å². The van der Waals surface area contributed by atoms with Gasteiger partial charge in [0.15, 0.2) is 5.58 Å². The lowest BCUT2D eigenvalue weighted by molar-refractivity contribution is 0.199. The van der Waals surface area contributed by atoms with Crippen molar-refractivity contribution in [1.82, 2.24) is 10.3 Å². The van der Waals surface area contributed by atoms with Gasteiger partial charge in [0.1, 0.15) is 5.52 Å². The smallest absolute Gasteiger partial charge is 0.298 e. The highest BCUT2D eigenvalue weighted by atomic mass is 16.5. The van der Waals surface area contributed by atoms with Crippen molar-refractivity contribution in [2.24, 2.45) is 0 Å². The normalized spacial score (nSPS) is 19.1. The Kier molecular flexibility index (Phi) is 4.18. The lowest BCUT2D eigenvalue weighted by Crippen LogP contribution is -2.39. The van der Waals surface area contributed by atoms with Crippen LogP contribution in [0.5, 0.6) is 0 Å². The summed E-state index contributed by atoms with van der Waals surface area (Å²) in [6, 6.07) is 9.13. The van der Waals surface area contributed by atoms with E-state index in [9.17, 15) is 0 Å². The molecule has 108 valence electrons. The summed E-state index contributed by atoms with van der Waals surface area (Å²) in [6.45, 7) is 3.59. The molecule has 0 radical (unpaired) electrons. The molecule has 0 bridgehead atoms. The van der Waals surface area contributed by atoms with Crippen LogP contribution in [-0.4, -0.2) is 44.4 Å². The zero-order chi connectivity index (χ0) is 13.8. The van der Waals surface area contributed by atoms with Gasteiger partial charge in [0.25, 0.3) is 6.01 Å². The van der Waals surface area contributed by atoms with E-state index in [2.05, 4.69) is 15.2 Å². The van der Waals surface area contributed by atoms with Gasteiger partial charge >= 0.3 is 0 Å². The van der Waals surface area contributed by atoms with Gasteiger partial charge < -0.3 is 19.4 Å². The molecule has 1 fully saturated rings. The highest BCUT2D eigenvalue weighted by Crippen LogP contribution is 2.27. The first-order valence-corrected chi connectivity index (χ1v) is 7.20. The zero-order valence-electron chi connectivity index (χ0n) is 11.8. The van der Waals surface area contributed by atoms with E-state index < -0.39 is 0 Å². The third kappa shape index (κ3) is 2.78. The van der Waals surface area contributed by atoms with Gasteiger partial charge in [-0.25, -0.2) is 0 Å². The highest BCUT2D eigenvalue weighted by Gasteiger charge is 2.27. The van der Waals surface area contributed by atoms with Crippen molar-refractivity contribution in [2.75, 3.05) is 38.3 Å². The summed E-state index contributed by atoms with van der Waals surface area (Å²) in [7, 11) is 1.72. The van der Waals surface area contributed by atoms with Crippen LogP contribution in [0.25, 0.3) is 11.1 Å². The molecule has 5 heteroatoms. The van der Waals surface area contributed by atoms with Crippen LogP contribution >= 0.6 is 0 Å². The topological polar surface area (TPSA) is 50.5 Å². The average Bonchev–Trinajstić information content (AvgIpc) is 3.09. The Labute approximate surface area is 118 Å². The molecule has 1 aromatic carbocycles. The van der Waals surface area contributed by atoms with E-state index in [1.807, 2.05) is 24.3 Å². The monoisotopic (exact) mass is 275 g/mol. The quantitative estimate of drug-likeness (QED) is 0.818. The largest absolute Gasteiger partial charge is 0.423 e. The second kappa shape index (κ2) is 6.24. The van der Waals surface area contributed by atoms with Crippen LogP contribution in [0.1, 0.15) is 12.8 Å². The predicted molar refractivity (Wildman–Crippen MR) is 79.1 cm³/mol. The minimum atomic E-state index is 0.458. The molecule has 0 amide bonds. The predicted octanol–water partition coefficient (Wildman–Crippen LogP) is 2.03. The standard InChI is InChI=1S/C15H21N3O2/c1-19-10-8-16-11-12-5-4-9-18(12)15-17-13-6-2-3-7-14(13)20-15/h2-3,6-7,12,16H,4-5,8-11H2,1H3. The Balaban J connectivity index is 1.68. The third-order valence-corrected chi connectivity index (χ3v) is 3.77. The van der Waals surface area contributed by atoms with Crippen molar-refractivity contribution in [3.63, 3.8) is 0 Å². The van der Waals surface area contributed by atoms with E-state index in [4.69, 9.17) is 9.15 Å². The van der Waals surface area contributed by atoms with Crippen LogP contribution in [0.2, 0.25) is 0 Å². The number of nitrogens with zero attached hydrogens (tertiary/aromatic N) is 2. The molecule has 2 heterocycles. The maximum atomic E-state index is 5.87. The van der Waals surface area contributed by atoms with E-state index in [1.54, 1.807) is 7.11 Å². The number of rotatable bonds is 6. The molecule has 1 saturated heterocycles. The SMILES string of the molecule is COCCNCC1CCCN1c1nc2ccccc2o1. The van der Waals surface area contributed by atoms with Gasteiger partial charge in [-0.2, -0.15) is 4.98 Å². The molecular weight excluding hydrogens is 254 g/mol. The first-order valence-electron chi connectivity index (χ1n) is 7.20. The Hall–Kier alpha value is -1.59. The minimum absolute atomic E-state index is 0.458. The van der Waals surface area contributed by atoms with Crippen LogP contribution in [-0.2, 0) is 4.74 Å². The molecule has 1 aromatic heterocycles. The molecule has 5 nitrogen and oxygen atoms in total. The van der Waals surface area contributed by atoms with Gasteiger partial charge in [0.2, 0.25) is 0 Å². The molecule has 3 rings (SSSR count). The molecule has 20 heavy (non-hydrogen) atoms. The maximum absolute atomic E-state index is 5.87. The molecule has 1 N–H and O–H groups in total. The molecule has 0 spiro atoms. The number of para-hydroxylation sites is 2. The first-order chi connectivity index (χ1) is 9.88. The summed E-state index contributed by atoms with van der Waals surface area (Å²) < 4.78 is 10.9. The number of anilines is 1. The van der Waals surface area contributed by atoms with Gasteiger partial charge in [-0.15, -0.1) is 0 Å². The Morgan fingerprint density at radius 3 is 3.20 bits per heavy atom. The Bertz CT molecular complexity index is 522. The van der Waals surface area contributed by atoms with Crippen LogP contribution in [0.4, 0.5) is 6.01 Å². The molecule has 1 aliphatic heterocycles. The van der Waals surface area contributed by atoms with Crippen molar-refractivity contribution in [2.45, 2.75) is 18.9 Å². The third-order valence-electron chi connectivity index (χ3n) is 3.77. The van der Waals surface area contributed by atoms with E-state index in [0.717, 1.165) is 43.4 Å². The minimum Gasteiger partial charge on any atom is -0.423 e. The summed E-state index contributed by atoms with van der Waals surface area (Å²) in [5, 5.41) is 3.43. The van der Waals surface area contributed by atoms with Gasteiger partial charge in [-0.1, -0.05) is 12.1 Å². The Morgan fingerprint density at radius 2 is 2.35 bits per heavy atom. The van der Waals surface area contributed by atoms with E-state index >= 15 is 0 Å². The number of hydrogen-bond donors (Lipinski definition) is 1. The number of hydrogen-bond acceptors (Lipinski definition) is 5. The van der Waals surface area contributed by atoms with E-state index in [1.165, 1.54) is 12.8 Å². The summed E-state index contributed by atoms with van der Waals surface area (Å²) >= 11 is 0. The molecule has 1 aliphatic rings. The fraction of sp³-hybridized carbons (Fsp3) is 0.533. The number of methoxy groups -OCH3 is 1. The van der Waals surface area contributed by atoms with Gasteiger partial charge in [0, 0.05) is 32.8 Å². The molecule has 1 atom stereocenters. The highest BCUT2D eigenvalue weighted by molar-refractivity contribution is 5.74. The van der Waals surface area contributed by atoms with E-state index in [0.29, 0.717) is 6.04 Å². The second-order valence-corrected chi connectivity index (χ2v) is 5.15. The van der Waals surface area contributed by atoms with Crippen molar-refractivity contribution in [1.29, 1.82) is 0 Å². The first kappa shape index (κ1) is 13.4. The number of oxazole rings is 1. The number of ether oxygens (including phenoxy) is 1. The lowest BCUT2D eigenvalue weighted by atomic mass is 10.2. The summed E-state index contributed by atoms with van der Waals surface area (Å²) in [5.41, 5.74) is 1.79. The van der Waals surface area contributed by atoms with Crippen molar-refractivity contribution in [3.05, 3.63) is 24.3 Å².